The molecule has 1 amide bonds. The van der Waals surface area contributed by atoms with Gasteiger partial charge in [-0.25, -0.2) is 4.98 Å². The minimum atomic E-state index is 0.0677. The highest BCUT2D eigenvalue weighted by molar-refractivity contribution is 5.93. The van der Waals surface area contributed by atoms with Crippen molar-refractivity contribution in [3.05, 3.63) is 6.20 Å². The van der Waals surface area contributed by atoms with E-state index in [0.717, 1.165) is 24.9 Å². The van der Waals surface area contributed by atoms with Crippen LogP contribution in [-0.4, -0.2) is 43.1 Å². The van der Waals surface area contributed by atoms with Gasteiger partial charge < -0.3 is 15.1 Å². The largest absolute Gasteiger partial charge is 0.361 e. The van der Waals surface area contributed by atoms with E-state index in [4.69, 9.17) is 0 Å². The number of hydrogen-bond acceptors (Lipinski definition) is 5. The van der Waals surface area contributed by atoms with Gasteiger partial charge in [-0.15, -0.1) is 0 Å². The molecule has 2 heterocycles. The molecule has 6 heteroatoms. The Morgan fingerprint density at radius 3 is 2.71 bits per heavy atom. The molecule has 1 N–H and O–H groups in total. The fourth-order valence-electron chi connectivity index (χ4n) is 2.65. The fourth-order valence-corrected chi connectivity index (χ4v) is 2.65. The zero-order chi connectivity index (χ0) is 14.8. The van der Waals surface area contributed by atoms with E-state index >= 15 is 0 Å². The molecule has 6 nitrogen and oxygen atoms in total. The average molecular weight is 289 g/mol. The van der Waals surface area contributed by atoms with Crippen molar-refractivity contribution in [1.82, 2.24) is 9.97 Å². The number of rotatable bonds is 5. The van der Waals surface area contributed by atoms with Crippen molar-refractivity contribution in [3.8, 4) is 0 Å². The third kappa shape index (κ3) is 3.43. The van der Waals surface area contributed by atoms with Gasteiger partial charge >= 0.3 is 0 Å². The maximum atomic E-state index is 12.0. The highest BCUT2D eigenvalue weighted by atomic mass is 16.1. The Balaban J connectivity index is 1.76. The second kappa shape index (κ2) is 5.87. The van der Waals surface area contributed by atoms with E-state index in [1.54, 1.807) is 6.20 Å². The van der Waals surface area contributed by atoms with Crippen LogP contribution in [0.25, 0.3) is 0 Å². The van der Waals surface area contributed by atoms with Crippen LogP contribution < -0.4 is 15.1 Å². The number of carbonyl (C=O) groups is 1. The molecular weight excluding hydrogens is 266 g/mol. The summed E-state index contributed by atoms with van der Waals surface area (Å²) in [6.07, 6.45) is 7.10. The zero-order valence-electron chi connectivity index (χ0n) is 12.8. The van der Waals surface area contributed by atoms with Gasteiger partial charge in [-0.2, -0.15) is 4.98 Å². The van der Waals surface area contributed by atoms with Crippen molar-refractivity contribution in [3.63, 3.8) is 0 Å². The van der Waals surface area contributed by atoms with Crippen LogP contribution in [0.4, 0.5) is 17.5 Å². The van der Waals surface area contributed by atoms with Crippen LogP contribution in [-0.2, 0) is 4.79 Å². The van der Waals surface area contributed by atoms with Crippen LogP contribution >= 0.6 is 0 Å². The summed E-state index contributed by atoms with van der Waals surface area (Å²) in [6.45, 7) is 2.03. The van der Waals surface area contributed by atoms with Gasteiger partial charge in [0.25, 0.3) is 0 Å². The Bertz CT molecular complexity index is 521. The molecule has 0 aromatic carbocycles. The molecule has 2 aliphatic rings. The number of nitrogens with zero attached hydrogens (tertiary/aromatic N) is 4. The SMILES string of the molecule is CN(C)c1nc(N2CCCC2)ncc1NC(=O)CC1CC1. The van der Waals surface area contributed by atoms with E-state index in [2.05, 4.69) is 20.2 Å². The molecule has 1 aromatic heterocycles. The van der Waals surface area contributed by atoms with Crippen molar-refractivity contribution in [1.29, 1.82) is 0 Å². The van der Waals surface area contributed by atoms with Crippen LogP contribution in [0.1, 0.15) is 32.1 Å². The summed E-state index contributed by atoms with van der Waals surface area (Å²) < 4.78 is 0. The normalized spacial score (nSPS) is 17.9. The zero-order valence-corrected chi connectivity index (χ0v) is 12.8. The van der Waals surface area contributed by atoms with Crippen LogP contribution in [0.2, 0.25) is 0 Å². The minimum absolute atomic E-state index is 0.0677. The molecule has 114 valence electrons. The Labute approximate surface area is 125 Å². The van der Waals surface area contributed by atoms with Crippen molar-refractivity contribution in [2.24, 2.45) is 5.92 Å². The first kappa shape index (κ1) is 14.1. The van der Waals surface area contributed by atoms with Crippen LogP contribution in [0, 0.1) is 5.92 Å². The minimum Gasteiger partial charge on any atom is -0.361 e. The molecule has 0 radical (unpaired) electrons. The molecule has 21 heavy (non-hydrogen) atoms. The molecule has 0 atom stereocenters. The third-order valence-electron chi connectivity index (χ3n) is 4.01. The van der Waals surface area contributed by atoms with Crippen molar-refractivity contribution >= 4 is 23.4 Å². The molecule has 1 aliphatic carbocycles. The molecule has 0 spiro atoms. The monoisotopic (exact) mass is 289 g/mol. The van der Waals surface area contributed by atoms with E-state index in [-0.39, 0.29) is 5.91 Å². The van der Waals surface area contributed by atoms with E-state index in [9.17, 15) is 4.79 Å². The number of carbonyl (C=O) groups excluding carboxylic acids is 1. The lowest BCUT2D eigenvalue weighted by Crippen LogP contribution is -2.23. The summed E-state index contributed by atoms with van der Waals surface area (Å²) in [5.74, 6) is 2.18. The van der Waals surface area contributed by atoms with Crippen molar-refractivity contribution in [2.45, 2.75) is 32.1 Å². The quantitative estimate of drug-likeness (QED) is 0.897. The van der Waals surface area contributed by atoms with E-state index in [1.165, 1.54) is 25.7 Å². The van der Waals surface area contributed by atoms with Gasteiger partial charge in [-0.3, -0.25) is 4.79 Å². The first-order valence-corrected chi connectivity index (χ1v) is 7.72. The molecule has 1 aliphatic heterocycles. The first-order valence-electron chi connectivity index (χ1n) is 7.72. The highest BCUT2D eigenvalue weighted by Crippen LogP contribution is 2.33. The lowest BCUT2D eigenvalue weighted by molar-refractivity contribution is -0.116. The number of anilines is 3. The lowest BCUT2D eigenvalue weighted by Gasteiger charge is -2.21. The second-order valence-electron chi connectivity index (χ2n) is 6.19. The molecule has 0 unspecified atom stereocenters. The maximum absolute atomic E-state index is 12.0. The lowest BCUT2D eigenvalue weighted by atomic mass is 10.3. The van der Waals surface area contributed by atoms with Gasteiger partial charge in [0, 0.05) is 33.6 Å². The highest BCUT2D eigenvalue weighted by Gasteiger charge is 2.25. The summed E-state index contributed by atoms with van der Waals surface area (Å²) in [6, 6.07) is 0. The molecule has 2 fully saturated rings. The number of hydrogen-bond donors (Lipinski definition) is 1. The summed E-state index contributed by atoms with van der Waals surface area (Å²) in [7, 11) is 3.87. The summed E-state index contributed by atoms with van der Waals surface area (Å²) in [5.41, 5.74) is 0.702. The number of nitrogens with one attached hydrogen (secondary N) is 1. The Hall–Kier alpha value is -1.85. The number of amides is 1. The summed E-state index contributed by atoms with van der Waals surface area (Å²) >= 11 is 0. The first-order chi connectivity index (χ1) is 10.1. The predicted octanol–water partition coefficient (Wildman–Crippen LogP) is 1.88. The van der Waals surface area contributed by atoms with Crippen molar-refractivity contribution in [2.75, 3.05) is 42.3 Å². The van der Waals surface area contributed by atoms with E-state index in [0.29, 0.717) is 18.0 Å². The Kier molecular flexibility index (Phi) is 3.94. The maximum Gasteiger partial charge on any atom is 0.227 e. The van der Waals surface area contributed by atoms with Crippen molar-refractivity contribution < 1.29 is 4.79 Å². The molecule has 1 saturated heterocycles. The topological polar surface area (TPSA) is 61.4 Å². The second-order valence-corrected chi connectivity index (χ2v) is 6.19. The molecule has 3 rings (SSSR count). The average Bonchev–Trinajstić information content (AvgIpc) is 3.09. The van der Waals surface area contributed by atoms with Gasteiger partial charge in [0.05, 0.1) is 6.20 Å². The van der Waals surface area contributed by atoms with Crippen LogP contribution in [0.3, 0.4) is 0 Å². The van der Waals surface area contributed by atoms with Crippen LogP contribution in [0.5, 0.6) is 0 Å². The fraction of sp³-hybridized carbons (Fsp3) is 0.667. The standard InChI is InChI=1S/C15H23N5O/c1-19(2)14-12(17-13(21)9-11-5-6-11)10-16-15(18-14)20-7-3-4-8-20/h10-11H,3-9H2,1-2H3,(H,17,21). The number of aromatic nitrogens is 2. The van der Waals surface area contributed by atoms with Gasteiger partial charge in [0.1, 0.15) is 5.69 Å². The molecule has 1 aromatic rings. The van der Waals surface area contributed by atoms with E-state index < -0.39 is 0 Å². The van der Waals surface area contributed by atoms with Gasteiger partial charge in [0.15, 0.2) is 5.82 Å². The summed E-state index contributed by atoms with van der Waals surface area (Å²) in [4.78, 5) is 25.2. The predicted molar refractivity (Wildman–Crippen MR) is 83.8 cm³/mol. The Morgan fingerprint density at radius 2 is 2.10 bits per heavy atom. The third-order valence-corrected chi connectivity index (χ3v) is 4.01. The molecule has 0 bridgehead atoms. The molecule has 1 saturated carbocycles. The summed E-state index contributed by atoms with van der Waals surface area (Å²) in [5, 5.41) is 2.96. The molecular formula is C15H23N5O. The Morgan fingerprint density at radius 1 is 1.38 bits per heavy atom. The van der Waals surface area contributed by atoms with E-state index in [1.807, 2.05) is 19.0 Å². The van der Waals surface area contributed by atoms with Crippen LogP contribution in [0.15, 0.2) is 6.20 Å². The van der Waals surface area contributed by atoms with Gasteiger partial charge in [-0.05, 0) is 31.6 Å². The van der Waals surface area contributed by atoms with Gasteiger partial charge in [-0.1, -0.05) is 0 Å². The van der Waals surface area contributed by atoms with Gasteiger partial charge in [0.2, 0.25) is 11.9 Å². The smallest absolute Gasteiger partial charge is 0.227 e.